The zero-order valence-electron chi connectivity index (χ0n) is 9.13. The number of carbonyl (C=O) groups is 1. The van der Waals surface area contributed by atoms with Gasteiger partial charge in [-0.3, -0.25) is 4.79 Å². The predicted molar refractivity (Wildman–Crippen MR) is 61.8 cm³/mol. The first-order valence-corrected chi connectivity index (χ1v) is 5.75. The molecule has 0 unspecified atom stereocenters. The Kier molecular flexibility index (Phi) is 5.35. The number of halogens is 3. The first-order chi connectivity index (χ1) is 8.04. The molecule has 0 amide bonds. The van der Waals surface area contributed by atoms with E-state index < -0.39 is 12.4 Å². The molecule has 0 aromatic heterocycles. The maximum Gasteiger partial charge on any atom is 0.307 e. The lowest BCUT2D eigenvalue weighted by Crippen LogP contribution is -2.05. The van der Waals surface area contributed by atoms with E-state index in [0.29, 0.717) is 24.3 Å². The SMILES string of the molecule is O=C(O)Cc1cc(C(F)F)ccc1CCCCl. The lowest BCUT2D eigenvalue weighted by molar-refractivity contribution is -0.136. The number of alkyl halides is 3. The average molecular weight is 263 g/mol. The summed E-state index contributed by atoms with van der Waals surface area (Å²) in [4.78, 5) is 10.7. The molecular formula is C12H13ClF2O2. The Morgan fingerprint density at radius 3 is 2.59 bits per heavy atom. The fourth-order valence-electron chi connectivity index (χ4n) is 1.61. The van der Waals surface area contributed by atoms with Crippen molar-refractivity contribution in [2.24, 2.45) is 0 Å². The summed E-state index contributed by atoms with van der Waals surface area (Å²) in [5.74, 6) is -0.563. The Labute approximate surface area is 103 Å². The van der Waals surface area contributed by atoms with E-state index in [9.17, 15) is 13.6 Å². The molecule has 1 aromatic carbocycles. The van der Waals surface area contributed by atoms with E-state index >= 15 is 0 Å². The summed E-state index contributed by atoms with van der Waals surface area (Å²) in [5.41, 5.74) is 1.08. The molecule has 17 heavy (non-hydrogen) atoms. The molecule has 0 heterocycles. The number of carboxylic acids is 1. The van der Waals surface area contributed by atoms with Gasteiger partial charge in [0.05, 0.1) is 6.42 Å². The molecule has 0 bridgehead atoms. The van der Waals surface area contributed by atoms with Gasteiger partial charge in [0.15, 0.2) is 0 Å². The van der Waals surface area contributed by atoms with Crippen molar-refractivity contribution >= 4 is 17.6 Å². The monoisotopic (exact) mass is 262 g/mol. The van der Waals surface area contributed by atoms with Crippen molar-refractivity contribution in [3.63, 3.8) is 0 Å². The van der Waals surface area contributed by atoms with Crippen LogP contribution in [0.4, 0.5) is 8.78 Å². The highest BCUT2D eigenvalue weighted by molar-refractivity contribution is 6.17. The van der Waals surface area contributed by atoms with Crippen LogP contribution in [0, 0.1) is 0 Å². The number of hydrogen-bond donors (Lipinski definition) is 1. The normalized spacial score (nSPS) is 10.8. The zero-order valence-corrected chi connectivity index (χ0v) is 9.88. The third kappa shape index (κ3) is 4.30. The van der Waals surface area contributed by atoms with Crippen LogP contribution >= 0.6 is 11.6 Å². The summed E-state index contributed by atoms with van der Waals surface area (Å²) < 4.78 is 25.0. The molecule has 0 saturated carbocycles. The minimum absolute atomic E-state index is 0.143. The molecule has 1 N–H and O–H groups in total. The van der Waals surface area contributed by atoms with Gasteiger partial charge in [-0.15, -0.1) is 11.6 Å². The molecule has 0 radical (unpaired) electrons. The Hall–Kier alpha value is -1.16. The number of hydrogen-bond acceptors (Lipinski definition) is 1. The summed E-state index contributed by atoms with van der Waals surface area (Å²) in [5, 5.41) is 8.73. The van der Waals surface area contributed by atoms with E-state index in [2.05, 4.69) is 0 Å². The van der Waals surface area contributed by atoms with Crippen LogP contribution < -0.4 is 0 Å². The fourth-order valence-corrected chi connectivity index (χ4v) is 1.74. The van der Waals surface area contributed by atoms with E-state index in [-0.39, 0.29) is 12.0 Å². The predicted octanol–water partition coefficient (Wildman–Crippen LogP) is 3.42. The first kappa shape index (κ1) is 13.9. The zero-order chi connectivity index (χ0) is 12.8. The highest BCUT2D eigenvalue weighted by atomic mass is 35.5. The molecule has 0 aliphatic carbocycles. The second kappa shape index (κ2) is 6.55. The van der Waals surface area contributed by atoms with E-state index in [1.807, 2.05) is 0 Å². The molecule has 1 aromatic rings. The lowest BCUT2D eigenvalue weighted by atomic mass is 9.98. The molecule has 0 aliphatic heterocycles. The summed E-state index contributed by atoms with van der Waals surface area (Å²) >= 11 is 5.55. The van der Waals surface area contributed by atoms with E-state index in [1.54, 1.807) is 6.07 Å². The van der Waals surface area contributed by atoms with Gasteiger partial charge in [0.2, 0.25) is 0 Å². The standard InChI is InChI=1S/C12H13ClF2O2/c13-5-1-2-8-3-4-9(12(14)15)6-10(8)7-11(16)17/h3-4,6,12H,1-2,5,7H2,(H,16,17). The van der Waals surface area contributed by atoms with Crippen molar-refractivity contribution in [2.45, 2.75) is 25.7 Å². The summed E-state index contributed by atoms with van der Waals surface area (Å²) in [7, 11) is 0. The minimum Gasteiger partial charge on any atom is -0.481 e. The van der Waals surface area contributed by atoms with Crippen LogP contribution in [0.2, 0.25) is 0 Å². The largest absolute Gasteiger partial charge is 0.481 e. The number of benzene rings is 1. The first-order valence-electron chi connectivity index (χ1n) is 5.22. The van der Waals surface area contributed by atoms with Crippen LogP contribution in [0.15, 0.2) is 18.2 Å². The molecule has 1 rings (SSSR count). The molecular weight excluding hydrogens is 250 g/mol. The van der Waals surface area contributed by atoms with Crippen molar-refractivity contribution in [2.75, 3.05) is 5.88 Å². The third-order valence-electron chi connectivity index (χ3n) is 2.40. The van der Waals surface area contributed by atoms with Gasteiger partial charge in [-0.25, -0.2) is 8.78 Å². The number of aliphatic carboxylic acids is 1. The van der Waals surface area contributed by atoms with Crippen molar-refractivity contribution in [1.29, 1.82) is 0 Å². The van der Waals surface area contributed by atoms with E-state index in [1.165, 1.54) is 12.1 Å². The molecule has 0 saturated heterocycles. The van der Waals surface area contributed by atoms with Gasteiger partial charge in [-0.1, -0.05) is 12.1 Å². The van der Waals surface area contributed by atoms with Crippen LogP contribution in [0.25, 0.3) is 0 Å². The van der Waals surface area contributed by atoms with E-state index in [4.69, 9.17) is 16.7 Å². The van der Waals surface area contributed by atoms with E-state index in [0.717, 1.165) is 5.56 Å². The van der Waals surface area contributed by atoms with Gasteiger partial charge in [0.1, 0.15) is 0 Å². The van der Waals surface area contributed by atoms with Gasteiger partial charge in [-0.05, 0) is 30.0 Å². The van der Waals surface area contributed by atoms with Crippen molar-refractivity contribution in [3.05, 3.63) is 34.9 Å². The van der Waals surface area contributed by atoms with Crippen molar-refractivity contribution < 1.29 is 18.7 Å². The summed E-state index contributed by atoms with van der Waals surface area (Å²) in [6.45, 7) is 0. The molecule has 5 heteroatoms. The van der Waals surface area contributed by atoms with Crippen LogP contribution in [0.5, 0.6) is 0 Å². The highest BCUT2D eigenvalue weighted by Crippen LogP contribution is 2.23. The Morgan fingerprint density at radius 2 is 2.06 bits per heavy atom. The molecule has 0 spiro atoms. The van der Waals surface area contributed by atoms with Gasteiger partial charge in [0.25, 0.3) is 6.43 Å². The fraction of sp³-hybridized carbons (Fsp3) is 0.417. The van der Waals surface area contributed by atoms with Crippen molar-refractivity contribution in [3.8, 4) is 0 Å². The number of rotatable bonds is 6. The Balaban J connectivity index is 2.98. The van der Waals surface area contributed by atoms with Crippen molar-refractivity contribution in [1.82, 2.24) is 0 Å². The Bertz CT molecular complexity index is 394. The molecule has 94 valence electrons. The summed E-state index contributed by atoms with van der Waals surface area (Å²) in [6.07, 6.45) is -1.51. The van der Waals surface area contributed by atoms with Gasteiger partial charge in [-0.2, -0.15) is 0 Å². The van der Waals surface area contributed by atoms with Crippen LogP contribution in [0.1, 0.15) is 29.5 Å². The van der Waals surface area contributed by atoms with Crippen LogP contribution in [-0.2, 0) is 17.6 Å². The lowest BCUT2D eigenvalue weighted by Gasteiger charge is -2.09. The third-order valence-corrected chi connectivity index (χ3v) is 2.67. The topological polar surface area (TPSA) is 37.3 Å². The molecule has 2 nitrogen and oxygen atoms in total. The molecule has 0 aliphatic rings. The minimum atomic E-state index is -2.58. The molecule has 0 fully saturated rings. The maximum absolute atomic E-state index is 12.5. The van der Waals surface area contributed by atoms with Gasteiger partial charge >= 0.3 is 5.97 Å². The van der Waals surface area contributed by atoms with Crippen LogP contribution in [-0.4, -0.2) is 17.0 Å². The van der Waals surface area contributed by atoms with Gasteiger partial charge in [0, 0.05) is 11.4 Å². The smallest absolute Gasteiger partial charge is 0.307 e. The Morgan fingerprint density at radius 1 is 1.35 bits per heavy atom. The second-order valence-electron chi connectivity index (χ2n) is 3.69. The number of aryl methyl sites for hydroxylation is 1. The highest BCUT2D eigenvalue weighted by Gasteiger charge is 2.12. The second-order valence-corrected chi connectivity index (χ2v) is 4.07. The summed E-state index contributed by atoms with van der Waals surface area (Å²) in [6, 6.07) is 4.16. The van der Waals surface area contributed by atoms with Crippen LogP contribution in [0.3, 0.4) is 0 Å². The quantitative estimate of drug-likeness (QED) is 0.798. The van der Waals surface area contributed by atoms with Gasteiger partial charge < -0.3 is 5.11 Å². The maximum atomic E-state index is 12.5. The number of carboxylic acid groups (broad SMARTS) is 1. The molecule has 0 atom stereocenters. The average Bonchev–Trinajstić information content (AvgIpc) is 2.26.